The molecule has 0 aliphatic carbocycles. The molecule has 0 atom stereocenters. The Labute approximate surface area is 171 Å². The Morgan fingerprint density at radius 2 is 1.76 bits per heavy atom. The molecule has 0 N–H and O–H groups in total. The van der Waals surface area contributed by atoms with Gasteiger partial charge in [-0.25, -0.2) is 0 Å². The van der Waals surface area contributed by atoms with Gasteiger partial charge in [0.15, 0.2) is 5.76 Å². The molecular weight excluding hydrogens is 368 g/mol. The largest absolute Gasteiger partial charge is 0.497 e. The van der Waals surface area contributed by atoms with Crippen molar-refractivity contribution >= 4 is 5.91 Å². The van der Waals surface area contributed by atoms with Crippen LogP contribution in [-0.4, -0.2) is 36.2 Å². The van der Waals surface area contributed by atoms with Crippen LogP contribution in [0.25, 0.3) is 11.3 Å². The van der Waals surface area contributed by atoms with Crippen molar-refractivity contribution in [1.82, 2.24) is 10.1 Å². The Balaban J connectivity index is 1.71. The van der Waals surface area contributed by atoms with E-state index in [-0.39, 0.29) is 11.9 Å². The average molecular weight is 394 g/mol. The van der Waals surface area contributed by atoms with Crippen LogP contribution in [0.5, 0.6) is 11.5 Å². The summed E-state index contributed by atoms with van der Waals surface area (Å²) in [6.07, 6.45) is 0.322. The molecule has 0 bridgehead atoms. The number of amides is 1. The predicted octanol–water partition coefficient (Wildman–Crippen LogP) is 4.34. The van der Waals surface area contributed by atoms with E-state index in [1.54, 1.807) is 19.1 Å². The topological polar surface area (TPSA) is 64.8 Å². The van der Waals surface area contributed by atoms with E-state index in [2.05, 4.69) is 5.16 Å². The number of benzene rings is 2. The van der Waals surface area contributed by atoms with Crippen molar-refractivity contribution in [3.8, 4) is 22.8 Å². The van der Waals surface area contributed by atoms with E-state index in [1.807, 2.05) is 68.4 Å². The molecule has 152 valence electrons. The lowest BCUT2D eigenvalue weighted by atomic mass is 10.1. The molecule has 1 amide bonds. The van der Waals surface area contributed by atoms with E-state index in [1.165, 1.54) is 0 Å². The normalized spacial score (nSPS) is 10.8. The van der Waals surface area contributed by atoms with Crippen molar-refractivity contribution in [2.24, 2.45) is 0 Å². The smallest absolute Gasteiger partial charge is 0.227 e. The third kappa shape index (κ3) is 5.16. The molecule has 6 nitrogen and oxygen atoms in total. The summed E-state index contributed by atoms with van der Waals surface area (Å²) in [5, 5.41) is 4.16. The fraction of sp³-hybridized carbons (Fsp3) is 0.304. The van der Waals surface area contributed by atoms with Gasteiger partial charge in [0.2, 0.25) is 5.91 Å². The highest BCUT2D eigenvalue weighted by Crippen LogP contribution is 2.25. The summed E-state index contributed by atoms with van der Waals surface area (Å²) in [4.78, 5) is 14.7. The Bertz CT molecular complexity index is 948. The zero-order valence-corrected chi connectivity index (χ0v) is 17.2. The van der Waals surface area contributed by atoms with Gasteiger partial charge >= 0.3 is 0 Å². The Morgan fingerprint density at radius 1 is 1.03 bits per heavy atom. The number of nitrogens with zero attached hydrogens (tertiary/aromatic N) is 2. The molecule has 3 rings (SSSR count). The fourth-order valence-electron chi connectivity index (χ4n) is 3.05. The first-order valence-electron chi connectivity index (χ1n) is 9.52. The van der Waals surface area contributed by atoms with Gasteiger partial charge in [-0.2, -0.15) is 0 Å². The van der Waals surface area contributed by atoms with E-state index >= 15 is 0 Å². The van der Waals surface area contributed by atoms with E-state index in [0.29, 0.717) is 24.4 Å². The molecule has 0 saturated carbocycles. The van der Waals surface area contributed by atoms with E-state index in [9.17, 15) is 4.79 Å². The number of hydrogen-bond donors (Lipinski definition) is 0. The molecule has 6 heteroatoms. The molecule has 1 aromatic heterocycles. The number of rotatable bonds is 8. The number of ether oxygens (including phenoxy) is 2. The summed E-state index contributed by atoms with van der Waals surface area (Å²) >= 11 is 0. The van der Waals surface area contributed by atoms with Crippen LogP contribution in [0, 0.1) is 0 Å². The minimum Gasteiger partial charge on any atom is -0.497 e. The lowest BCUT2D eigenvalue weighted by molar-refractivity contribution is -0.132. The summed E-state index contributed by atoms with van der Waals surface area (Å²) in [6, 6.07) is 17.0. The molecule has 3 aromatic rings. The maximum absolute atomic E-state index is 12.9. The van der Waals surface area contributed by atoms with Gasteiger partial charge in [-0.3, -0.25) is 4.79 Å². The number of hydrogen-bond acceptors (Lipinski definition) is 5. The third-order valence-electron chi connectivity index (χ3n) is 4.70. The van der Waals surface area contributed by atoms with Gasteiger partial charge in [0.1, 0.15) is 17.2 Å². The number of carbonyl (C=O) groups excluding carboxylic acids is 1. The Hall–Kier alpha value is -3.28. The van der Waals surface area contributed by atoms with Crippen LogP contribution < -0.4 is 9.47 Å². The van der Waals surface area contributed by atoms with Crippen molar-refractivity contribution in [2.45, 2.75) is 32.9 Å². The minimum atomic E-state index is 0.0381. The van der Waals surface area contributed by atoms with Gasteiger partial charge in [-0.1, -0.05) is 29.4 Å². The van der Waals surface area contributed by atoms with Crippen molar-refractivity contribution in [3.05, 3.63) is 65.9 Å². The fourth-order valence-corrected chi connectivity index (χ4v) is 3.05. The summed E-state index contributed by atoms with van der Waals surface area (Å²) in [7, 11) is 3.25. The number of carbonyl (C=O) groups is 1. The molecule has 0 aliphatic rings. The number of aromatic nitrogens is 1. The van der Waals surface area contributed by atoms with Gasteiger partial charge < -0.3 is 18.9 Å². The second kappa shape index (κ2) is 9.28. The SMILES string of the molecule is COc1ccc(CC(=O)N(Cc2cc(-c3cccc(OC)c3)on2)C(C)C)cc1. The van der Waals surface area contributed by atoms with Gasteiger partial charge in [0.05, 0.1) is 27.2 Å². The van der Waals surface area contributed by atoms with Gasteiger partial charge in [-0.05, 0) is 43.7 Å². The van der Waals surface area contributed by atoms with E-state index in [4.69, 9.17) is 14.0 Å². The Kier molecular flexibility index (Phi) is 6.54. The molecular formula is C23H26N2O4. The highest BCUT2D eigenvalue weighted by atomic mass is 16.5. The third-order valence-corrected chi connectivity index (χ3v) is 4.70. The molecule has 0 saturated heterocycles. The summed E-state index contributed by atoms with van der Waals surface area (Å²) in [5.74, 6) is 2.20. The predicted molar refractivity (Wildman–Crippen MR) is 111 cm³/mol. The second-order valence-corrected chi connectivity index (χ2v) is 7.05. The molecule has 0 radical (unpaired) electrons. The molecule has 2 aromatic carbocycles. The minimum absolute atomic E-state index is 0.0381. The van der Waals surface area contributed by atoms with Crippen molar-refractivity contribution in [2.75, 3.05) is 14.2 Å². The zero-order valence-electron chi connectivity index (χ0n) is 17.2. The molecule has 0 unspecified atom stereocenters. The summed E-state index contributed by atoms with van der Waals surface area (Å²) in [5.41, 5.74) is 2.53. The van der Waals surface area contributed by atoms with Crippen molar-refractivity contribution < 1.29 is 18.8 Å². The van der Waals surface area contributed by atoms with Crippen LogP contribution in [0.15, 0.2) is 59.1 Å². The molecule has 0 fully saturated rings. The lowest BCUT2D eigenvalue weighted by Gasteiger charge is -2.26. The average Bonchev–Trinajstić information content (AvgIpc) is 3.21. The van der Waals surface area contributed by atoms with E-state index in [0.717, 1.165) is 22.6 Å². The standard InChI is InChI=1S/C23H26N2O4/c1-16(2)25(23(26)12-17-8-10-20(27-3)11-9-17)15-19-14-22(29-24-19)18-6-5-7-21(13-18)28-4/h5-11,13-14,16H,12,15H2,1-4H3. The van der Waals surface area contributed by atoms with Crippen molar-refractivity contribution in [1.29, 1.82) is 0 Å². The van der Waals surface area contributed by atoms with Crippen LogP contribution in [0.1, 0.15) is 25.1 Å². The van der Waals surface area contributed by atoms with Crippen LogP contribution in [0.3, 0.4) is 0 Å². The highest BCUT2D eigenvalue weighted by molar-refractivity contribution is 5.79. The molecule has 0 spiro atoms. The summed E-state index contributed by atoms with van der Waals surface area (Å²) < 4.78 is 15.9. The Morgan fingerprint density at radius 3 is 2.41 bits per heavy atom. The second-order valence-electron chi connectivity index (χ2n) is 7.05. The monoisotopic (exact) mass is 394 g/mol. The van der Waals surface area contributed by atoms with Crippen LogP contribution in [0.2, 0.25) is 0 Å². The van der Waals surface area contributed by atoms with Crippen LogP contribution in [0.4, 0.5) is 0 Å². The zero-order chi connectivity index (χ0) is 20.8. The first-order valence-corrected chi connectivity index (χ1v) is 9.52. The highest BCUT2D eigenvalue weighted by Gasteiger charge is 2.20. The molecule has 29 heavy (non-hydrogen) atoms. The van der Waals surface area contributed by atoms with Crippen molar-refractivity contribution in [3.63, 3.8) is 0 Å². The van der Waals surface area contributed by atoms with Crippen LogP contribution >= 0.6 is 0 Å². The van der Waals surface area contributed by atoms with Gasteiger partial charge in [-0.15, -0.1) is 0 Å². The quantitative estimate of drug-likeness (QED) is 0.569. The van der Waals surface area contributed by atoms with Gasteiger partial charge in [0, 0.05) is 17.7 Å². The number of methoxy groups -OCH3 is 2. The van der Waals surface area contributed by atoms with Gasteiger partial charge in [0.25, 0.3) is 0 Å². The summed E-state index contributed by atoms with van der Waals surface area (Å²) in [6.45, 7) is 4.38. The first kappa shape index (κ1) is 20.5. The van der Waals surface area contributed by atoms with Crippen LogP contribution in [-0.2, 0) is 17.8 Å². The lowest BCUT2D eigenvalue weighted by Crippen LogP contribution is -2.37. The maximum atomic E-state index is 12.9. The van der Waals surface area contributed by atoms with E-state index < -0.39 is 0 Å². The molecule has 0 aliphatic heterocycles. The maximum Gasteiger partial charge on any atom is 0.227 e. The first-order chi connectivity index (χ1) is 14.0. The molecule has 1 heterocycles.